The fourth-order valence-electron chi connectivity index (χ4n) is 3.55. The van der Waals surface area contributed by atoms with Crippen LogP contribution in [0.15, 0.2) is 0 Å². The lowest BCUT2D eigenvalue weighted by atomic mass is 10.1. The van der Waals surface area contributed by atoms with Crippen molar-refractivity contribution >= 4 is 5.71 Å². The minimum Gasteiger partial charge on any atom is -0.237 e. The van der Waals surface area contributed by atoms with Crippen LogP contribution >= 0.6 is 0 Å². The van der Waals surface area contributed by atoms with Crippen LogP contribution < -0.4 is 0 Å². The third kappa shape index (κ3) is 5.12. The van der Waals surface area contributed by atoms with E-state index in [0.29, 0.717) is 0 Å². The topological polar surface area (TPSA) is 3.01 Å². The van der Waals surface area contributed by atoms with E-state index in [0.717, 1.165) is 0 Å². The summed E-state index contributed by atoms with van der Waals surface area (Å²) in [6.07, 6.45) is 20.3. The van der Waals surface area contributed by atoms with E-state index in [9.17, 15) is 0 Å². The molecule has 1 heterocycles. The van der Waals surface area contributed by atoms with Crippen LogP contribution in [0.5, 0.6) is 0 Å². The maximum Gasteiger partial charge on any atom is 0.152 e. The van der Waals surface area contributed by atoms with Gasteiger partial charge in [0.25, 0.3) is 0 Å². The highest BCUT2D eigenvalue weighted by Gasteiger charge is 2.16. The van der Waals surface area contributed by atoms with Crippen molar-refractivity contribution in [2.75, 3.05) is 13.1 Å². The van der Waals surface area contributed by atoms with Gasteiger partial charge in [-0.25, -0.2) is 4.58 Å². The summed E-state index contributed by atoms with van der Waals surface area (Å²) >= 11 is 0. The Morgan fingerprint density at radius 1 is 0.444 bits per heavy atom. The molecule has 2 rings (SSSR count). The Morgan fingerprint density at radius 2 is 0.833 bits per heavy atom. The third-order valence-electron chi connectivity index (χ3n) is 4.73. The summed E-state index contributed by atoms with van der Waals surface area (Å²) in [7, 11) is 0. The largest absolute Gasteiger partial charge is 0.237 e. The van der Waals surface area contributed by atoms with Crippen molar-refractivity contribution in [3.63, 3.8) is 0 Å². The molecule has 0 radical (unpaired) electrons. The lowest BCUT2D eigenvalue weighted by Gasteiger charge is -2.09. The highest BCUT2D eigenvalue weighted by atomic mass is 15.0. The van der Waals surface area contributed by atoms with Gasteiger partial charge < -0.3 is 0 Å². The van der Waals surface area contributed by atoms with Crippen molar-refractivity contribution in [2.45, 2.75) is 89.9 Å². The molecule has 0 spiro atoms. The second-order valence-electron chi connectivity index (χ2n) is 6.30. The molecular weight excluding hydrogens is 218 g/mol. The lowest BCUT2D eigenvalue weighted by Crippen LogP contribution is -2.23. The van der Waals surface area contributed by atoms with Gasteiger partial charge in [0.05, 0.1) is 0 Å². The van der Waals surface area contributed by atoms with Gasteiger partial charge in [0, 0.05) is 25.7 Å². The van der Waals surface area contributed by atoms with E-state index in [2.05, 4.69) is 4.58 Å². The Morgan fingerprint density at radius 3 is 1.33 bits per heavy atom. The molecule has 0 amide bonds. The molecule has 1 saturated carbocycles. The van der Waals surface area contributed by atoms with E-state index in [1.807, 2.05) is 5.71 Å². The summed E-state index contributed by atoms with van der Waals surface area (Å²) in [4.78, 5) is 0. The zero-order valence-corrected chi connectivity index (χ0v) is 12.3. The zero-order valence-electron chi connectivity index (χ0n) is 12.3. The summed E-state index contributed by atoms with van der Waals surface area (Å²) in [6, 6.07) is 0. The summed E-state index contributed by atoms with van der Waals surface area (Å²) in [5, 5.41) is 0. The number of nitrogens with zero attached hydrogens (tertiary/aromatic N) is 1. The predicted octanol–water partition coefficient (Wildman–Crippen LogP) is 4.93. The van der Waals surface area contributed by atoms with Gasteiger partial charge >= 0.3 is 0 Å². The first kappa shape index (κ1) is 14.1. The molecule has 1 aliphatic heterocycles. The van der Waals surface area contributed by atoms with Gasteiger partial charge in [0.1, 0.15) is 13.1 Å². The Bertz CT molecular complexity index is 204. The smallest absolute Gasteiger partial charge is 0.152 e. The van der Waals surface area contributed by atoms with Crippen molar-refractivity contribution < 1.29 is 4.58 Å². The van der Waals surface area contributed by atoms with Gasteiger partial charge in [-0.3, -0.25) is 0 Å². The molecule has 0 atom stereocenters. The van der Waals surface area contributed by atoms with Crippen LogP contribution in [0.25, 0.3) is 0 Å². The van der Waals surface area contributed by atoms with E-state index in [1.54, 1.807) is 0 Å². The summed E-state index contributed by atoms with van der Waals surface area (Å²) in [6.45, 7) is 2.71. The number of rotatable bonds is 0. The summed E-state index contributed by atoms with van der Waals surface area (Å²) in [5.41, 5.74) is 1.82. The van der Waals surface area contributed by atoms with Gasteiger partial charge in [-0.05, 0) is 25.7 Å². The molecule has 1 nitrogen and oxygen atoms in total. The highest BCUT2D eigenvalue weighted by Crippen LogP contribution is 2.16. The quantitative estimate of drug-likeness (QED) is 0.536. The maximum absolute atomic E-state index is 2.79. The Hall–Kier alpha value is -0.330. The molecular formula is C17H32N+. The normalized spacial score (nSPS) is 25.3. The molecule has 2 aliphatic rings. The Kier molecular flexibility index (Phi) is 6.82. The van der Waals surface area contributed by atoms with Crippen LogP contribution in [0, 0.1) is 0 Å². The minimum atomic E-state index is 1.36. The van der Waals surface area contributed by atoms with E-state index in [-0.39, 0.29) is 0 Å². The SMILES string of the molecule is C1CCCCC(=[N+]2CCCCCCCC2)CCC1. The second-order valence-corrected chi connectivity index (χ2v) is 6.30. The molecule has 2 fully saturated rings. The molecule has 1 aliphatic carbocycles. The molecule has 0 N–H and O–H groups in total. The van der Waals surface area contributed by atoms with E-state index in [1.165, 1.54) is 103 Å². The van der Waals surface area contributed by atoms with Crippen LogP contribution in [0.2, 0.25) is 0 Å². The van der Waals surface area contributed by atoms with Crippen molar-refractivity contribution in [1.29, 1.82) is 0 Å². The molecule has 0 aromatic heterocycles. The van der Waals surface area contributed by atoms with Crippen LogP contribution in [0.3, 0.4) is 0 Å². The molecule has 1 saturated heterocycles. The van der Waals surface area contributed by atoms with Crippen molar-refractivity contribution in [3.05, 3.63) is 0 Å². The first-order valence-electron chi connectivity index (χ1n) is 8.56. The first-order chi connectivity index (χ1) is 8.97. The zero-order chi connectivity index (χ0) is 12.5. The molecule has 0 bridgehead atoms. The average Bonchev–Trinajstić information content (AvgIpc) is 2.61. The monoisotopic (exact) mass is 250 g/mol. The molecule has 0 unspecified atom stereocenters. The second kappa shape index (κ2) is 8.72. The molecule has 0 aromatic rings. The first-order valence-corrected chi connectivity index (χ1v) is 8.56. The van der Waals surface area contributed by atoms with Crippen LogP contribution in [0.1, 0.15) is 89.9 Å². The molecule has 0 aromatic carbocycles. The van der Waals surface area contributed by atoms with E-state index < -0.39 is 0 Å². The maximum atomic E-state index is 2.79. The summed E-state index contributed by atoms with van der Waals surface area (Å²) < 4.78 is 2.79. The minimum absolute atomic E-state index is 1.36. The molecule has 18 heavy (non-hydrogen) atoms. The van der Waals surface area contributed by atoms with Crippen molar-refractivity contribution in [1.82, 2.24) is 0 Å². The standard InChI is InChI=1S/C17H32N/c1-2-6-10-14-17(13-9-5-1)18-15-11-7-3-4-8-12-16-18/h1-16H2/q+1. The van der Waals surface area contributed by atoms with Gasteiger partial charge in [-0.2, -0.15) is 0 Å². The van der Waals surface area contributed by atoms with Crippen LogP contribution in [0.4, 0.5) is 0 Å². The van der Waals surface area contributed by atoms with E-state index >= 15 is 0 Å². The summed E-state index contributed by atoms with van der Waals surface area (Å²) in [5.74, 6) is 0. The van der Waals surface area contributed by atoms with E-state index in [4.69, 9.17) is 0 Å². The van der Waals surface area contributed by atoms with Crippen LogP contribution in [-0.2, 0) is 0 Å². The highest BCUT2D eigenvalue weighted by molar-refractivity contribution is 5.79. The van der Waals surface area contributed by atoms with Crippen molar-refractivity contribution in [2.24, 2.45) is 0 Å². The molecule has 104 valence electrons. The van der Waals surface area contributed by atoms with Gasteiger partial charge in [-0.15, -0.1) is 0 Å². The van der Waals surface area contributed by atoms with Crippen LogP contribution in [-0.4, -0.2) is 23.4 Å². The third-order valence-corrected chi connectivity index (χ3v) is 4.73. The van der Waals surface area contributed by atoms with Gasteiger partial charge in [-0.1, -0.05) is 38.5 Å². The Labute approximate surface area is 114 Å². The average molecular weight is 250 g/mol. The fraction of sp³-hybridized carbons (Fsp3) is 0.941. The van der Waals surface area contributed by atoms with Gasteiger partial charge in [0.15, 0.2) is 5.71 Å². The van der Waals surface area contributed by atoms with Gasteiger partial charge in [0.2, 0.25) is 0 Å². The Balaban J connectivity index is 1.97. The van der Waals surface area contributed by atoms with Crippen molar-refractivity contribution in [3.8, 4) is 0 Å². The number of hydrogen-bond donors (Lipinski definition) is 0. The lowest BCUT2D eigenvalue weighted by molar-refractivity contribution is -0.531. The number of hydrogen-bond acceptors (Lipinski definition) is 0. The fourth-order valence-corrected chi connectivity index (χ4v) is 3.55. The molecule has 1 heteroatoms. The predicted molar refractivity (Wildman–Crippen MR) is 79.6 cm³/mol.